The minimum Gasteiger partial charge on any atom is -0.328 e. The quantitative estimate of drug-likeness (QED) is 0.889. The summed E-state index contributed by atoms with van der Waals surface area (Å²) in [6.45, 7) is 0.659. The highest BCUT2D eigenvalue weighted by atomic mass is 16.1. The molecule has 6 heteroatoms. The third kappa shape index (κ3) is 3.46. The second-order valence-corrected chi connectivity index (χ2v) is 5.54. The Morgan fingerprint density at radius 3 is 2.90 bits per heavy atom. The van der Waals surface area contributed by atoms with E-state index in [1.807, 2.05) is 18.3 Å². The van der Waals surface area contributed by atoms with Crippen molar-refractivity contribution in [2.24, 2.45) is 11.7 Å². The summed E-state index contributed by atoms with van der Waals surface area (Å²) >= 11 is 0. The van der Waals surface area contributed by atoms with Crippen molar-refractivity contribution in [3.8, 4) is 0 Å². The van der Waals surface area contributed by atoms with E-state index in [0.29, 0.717) is 6.54 Å². The molecule has 2 atom stereocenters. The number of hydrogen-bond acceptors (Lipinski definition) is 4. The standard InChI is InChI=1S/C15H19N5O/c16-13-2-1-12(7-13)15(21)19-14-8-18-20(10-14)9-11-3-5-17-6-4-11/h3-6,8,10,12-13H,1-2,7,9,16H2,(H,19,21). The van der Waals surface area contributed by atoms with E-state index in [0.717, 1.165) is 30.5 Å². The summed E-state index contributed by atoms with van der Waals surface area (Å²) in [5.41, 5.74) is 7.69. The van der Waals surface area contributed by atoms with E-state index in [4.69, 9.17) is 5.73 Å². The number of nitrogens with one attached hydrogen (secondary N) is 1. The van der Waals surface area contributed by atoms with Crippen molar-refractivity contribution in [1.29, 1.82) is 0 Å². The topological polar surface area (TPSA) is 85.8 Å². The molecule has 2 heterocycles. The first-order valence-electron chi connectivity index (χ1n) is 7.18. The molecule has 0 saturated heterocycles. The molecule has 2 aromatic heterocycles. The largest absolute Gasteiger partial charge is 0.328 e. The lowest BCUT2D eigenvalue weighted by atomic mass is 10.1. The van der Waals surface area contributed by atoms with Crippen molar-refractivity contribution in [3.05, 3.63) is 42.5 Å². The van der Waals surface area contributed by atoms with Crippen LogP contribution in [0.3, 0.4) is 0 Å². The fourth-order valence-electron chi connectivity index (χ4n) is 2.69. The van der Waals surface area contributed by atoms with Crippen molar-refractivity contribution in [3.63, 3.8) is 0 Å². The van der Waals surface area contributed by atoms with E-state index in [1.54, 1.807) is 23.3 Å². The number of nitrogens with zero attached hydrogens (tertiary/aromatic N) is 3. The molecule has 21 heavy (non-hydrogen) atoms. The summed E-state index contributed by atoms with van der Waals surface area (Å²) in [6, 6.07) is 4.05. The number of pyridine rings is 1. The van der Waals surface area contributed by atoms with Crippen LogP contribution in [0, 0.1) is 5.92 Å². The number of aromatic nitrogens is 3. The molecule has 1 saturated carbocycles. The van der Waals surface area contributed by atoms with Gasteiger partial charge in [0.25, 0.3) is 0 Å². The fourth-order valence-corrected chi connectivity index (χ4v) is 2.69. The molecule has 0 aromatic carbocycles. The van der Waals surface area contributed by atoms with Crippen molar-refractivity contribution in [2.75, 3.05) is 5.32 Å². The third-order valence-corrected chi connectivity index (χ3v) is 3.84. The number of hydrogen-bond donors (Lipinski definition) is 2. The van der Waals surface area contributed by atoms with Crippen molar-refractivity contribution >= 4 is 11.6 Å². The molecule has 2 aromatic rings. The highest BCUT2D eigenvalue weighted by Gasteiger charge is 2.27. The minimum absolute atomic E-state index is 0.0311. The zero-order chi connectivity index (χ0) is 14.7. The molecule has 1 aliphatic rings. The summed E-state index contributed by atoms with van der Waals surface area (Å²) in [6.07, 6.45) is 9.60. The maximum atomic E-state index is 12.1. The van der Waals surface area contributed by atoms with Crippen LogP contribution in [0.2, 0.25) is 0 Å². The molecule has 0 bridgehead atoms. The predicted octanol–water partition coefficient (Wildman–Crippen LogP) is 1.39. The Kier molecular flexibility index (Phi) is 3.96. The van der Waals surface area contributed by atoms with Gasteiger partial charge in [0.05, 0.1) is 18.4 Å². The average molecular weight is 285 g/mol. The highest BCUT2D eigenvalue weighted by Crippen LogP contribution is 2.25. The van der Waals surface area contributed by atoms with Gasteiger partial charge in [-0.1, -0.05) is 0 Å². The first-order valence-corrected chi connectivity index (χ1v) is 7.18. The highest BCUT2D eigenvalue weighted by molar-refractivity contribution is 5.92. The first kappa shape index (κ1) is 13.8. The Hall–Kier alpha value is -2.21. The molecule has 1 aliphatic carbocycles. The number of amides is 1. The molecule has 3 rings (SSSR count). The van der Waals surface area contributed by atoms with Crippen LogP contribution in [0.25, 0.3) is 0 Å². The first-order chi connectivity index (χ1) is 10.2. The van der Waals surface area contributed by atoms with Crippen LogP contribution in [-0.2, 0) is 11.3 Å². The average Bonchev–Trinajstić information content (AvgIpc) is 3.09. The summed E-state index contributed by atoms with van der Waals surface area (Å²) in [4.78, 5) is 16.1. The zero-order valence-electron chi connectivity index (χ0n) is 11.8. The van der Waals surface area contributed by atoms with E-state index in [1.165, 1.54) is 0 Å². The molecule has 6 nitrogen and oxygen atoms in total. The van der Waals surface area contributed by atoms with Gasteiger partial charge < -0.3 is 11.1 Å². The third-order valence-electron chi connectivity index (χ3n) is 3.84. The minimum atomic E-state index is 0.0311. The molecule has 2 unspecified atom stereocenters. The molecule has 0 spiro atoms. The smallest absolute Gasteiger partial charge is 0.227 e. The molecule has 3 N–H and O–H groups in total. The molecule has 0 radical (unpaired) electrons. The van der Waals surface area contributed by atoms with Gasteiger partial charge in [-0.15, -0.1) is 0 Å². The van der Waals surface area contributed by atoms with Gasteiger partial charge in [-0.05, 0) is 37.0 Å². The molecular weight excluding hydrogens is 266 g/mol. The van der Waals surface area contributed by atoms with E-state index < -0.39 is 0 Å². The van der Waals surface area contributed by atoms with E-state index in [-0.39, 0.29) is 17.9 Å². The molecule has 1 amide bonds. The molecular formula is C15H19N5O. The van der Waals surface area contributed by atoms with Crippen LogP contribution < -0.4 is 11.1 Å². The number of carbonyl (C=O) groups excluding carboxylic acids is 1. The Morgan fingerprint density at radius 1 is 1.38 bits per heavy atom. The van der Waals surface area contributed by atoms with Crippen LogP contribution in [0.4, 0.5) is 5.69 Å². The van der Waals surface area contributed by atoms with Gasteiger partial charge in [0.2, 0.25) is 5.91 Å². The second kappa shape index (κ2) is 6.05. The lowest BCUT2D eigenvalue weighted by molar-refractivity contribution is -0.119. The van der Waals surface area contributed by atoms with Gasteiger partial charge in [-0.3, -0.25) is 14.5 Å². The lowest BCUT2D eigenvalue weighted by Gasteiger charge is -2.08. The monoisotopic (exact) mass is 285 g/mol. The summed E-state index contributed by atoms with van der Waals surface area (Å²) in [5.74, 6) is 0.0787. The van der Waals surface area contributed by atoms with Crippen LogP contribution in [-0.4, -0.2) is 26.7 Å². The van der Waals surface area contributed by atoms with Gasteiger partial charge >= 0.3 is 0 Å². The van der Waals surface area contributed by atoms with Crippen LogP contribution in [0.1, 0.15) is 24.8 Å². The Morgan fingerprint density at radius 2 is 2.19 bits per heavy atom. The molecule has 0 aliphatic heterocycles. The van der Waals surface area contributed by atoms with Crippen LogP contribution in [0.15, 0.2) is 36.9 Å². The number of rotatable bonds is 4. The summed E-state index contributed by atoms with van der Waals surface area (Å²) in [7, 11) is 0. The van der Waals surface area contributed by atoms with E-state index >= 15 is 0 Å². The van der Waals surface area contributed by atoms with Gasteiger partial charge in [0.15, 0.2) is 0 Å². The molecule has 1 fully saturated rings. The second-order valence-electron chi connectivity index (χ2n) is 5.54. The summed E-state index contributed by atoms with van der Waals surface area (Å²) in [5, 5.41) is 7.18. The van der Waals surface area contributed by atoms with Crippen molar-refractivity contribution in [1.82, 2.24) is 14.8 Å². The van der Waals surface area contributed by atoms with Gasteiger partial charge in [-0.25, -0.2) is 0 Å². The van der Waals surface area contributed by atoms with Gasteiger partial charge in [0.1, 0.15) is 0 Å². The van der Waals surface area contributed by atoms with Gasteiger partial charge in [0, 0.05) is 30.6 Å². The molecule has 110 valence electrons. The Labute approximate surface area is 123 Å². The normalized spacial score (nSPS) is 21.4. The van der Waals surface area contributed by atoms with E-state index in [9.17, 15) is 4.79 Å². The van der Waals surface area contributed by atoms with Crippen molar-refractivity contribution < 1.29 is 4.79 Å². The lowest BCUT2D eigenvalue weighted by Crippen LogP contribution is -2.23. The zero-order valence-corrected chi connectivity index (χ0v) is 11.8. The number of carbonyl (C=O) groups is 1. The summed E-state index contributed by atoms with van der Waals surface area (Å²) < 4.78 is 1.80. The fraction of sp³-hybridized carbons (Fsp3) is 0.400. The van der Waals surface area contributed by atoms with Crippen LogP contribution >= 0.6 is 0 Å². The Balaban J connectivity index is 1.59. The van der Waals surface area contributed by atoms with Gasteiger partial charge in [-0.2, -0.15) is 5.10 Å². The maximum absolute atomic E-state index is 12.1. The Bertz CT molecular complexity index is 610. The number of nitrogens with two attached hydrogens (primary N) is 1. The predicted molar refractivity (Wildman–Crippen MR) is 79.5 cm³/mol. The SMILES string of the molecule is NC1CCC(C(=O)Nc2cnn(Cc3ccncc3)c2)C1. The van der Waals surface area contributed by atoms with Crippen molar-refractivity contribution in [2.45, 2.75) is 31.8 Å². The maximum Gasteiger partial charge on any atom is 0.227 e. The number of anilines is 1. The van der Waals surface area contributed by atoms with E-state index in [2.05, 4.69) is 15.4 Å². The van der Waals surface area contributed by atoms with Crippen LogP contribution in [0.5, 0.6) is 0 Å².